The molecule has 140 valence electrons. The number of ether oxygens (including phenoxy) is 2. The van der Waals surface area contributed by atoms with Crippen molar-refractivity contribution in [3.63, 3.8) is 0 Å². The van der Waals surface area contributed by atoms with Crippen molar-refractivity contribution in [1.82, 2.24) is 10.6 Å². The second-order valence-electron chi connectivity index (χ2n) is 5.65. The fraction of sp³-hybridized carbons (Fsp3) is 0.588. The van der Waals surface area contributed by atoms with Crippen LogP contribution in [0.2, 0.25) is 0 Å². The highest BCUT2D eigenvalue weighted by Crippen LogP contribution is 2.30. The largest absolute Gasteiger partial charge is 0.492 e. The van der Waals surface area contributed by atoms with Crippen LogP contribution in [0, 0.1) is 0 Å². The minimum atomic E-state index is -4.33. The van der Waals surface area contributed by atoms with Gasteiger partial charge in [-0.2, -0.15) is 13.2 Å². The zero-order chi connectivity index (χ0) is 18.1. The first-order valence-electron chi connectivity index (χ1n) is 8.43. The summed E-state index contributed by atoms with van der Waals surface area (Å²) in [6, 6.07) is 4.66. The Kier molecular flexibility index (Phi) is 7.36. The van der Waals surface area contributed by atoms with Crippen molar-refractivity contribution < 1.29 is 22.6 Å². The van der Waals surface area contributed by atoms with Crippen LogP contribution >= 0.6 is 0 Å². The molecule has 1 heterocycles. The first-order valence-corrected chi connectivity index (χ1v) is 8.43. The van der Waals surface area contributed by atoms with Gasteiger partial charge in [0.2, 0.25) is 0 Å². The molecule has 1 aromatic carbocycles. The Morgan fingerprint density at radius 1 is 1.28 bits per heavy atom. The van der Waals surface area contributed by atoms with Crippen LogP contribution in [0.25, 0.3) is 0 Å². The summed E-state index contributed by atoms with van der Waals surface area (Å²) in [7, 11) is 0. The molecule has 25 heavy (non-hydrogen) atoms. The van der Waals surface area contributed by atoms with Crippen LogP contribution in [0.3, 0.4) is 0 Å². The number of halogens is 3. The molecule has 0 radical (unpaired) electrons. The van der Waals surface area contributed by atoms with Crippen molar-refractivity contribution in [2.75, 3.05) is 32.8 Å². The molecule has 0 amide bonds. The van der Waals surface area contributed by atoms with Crippen molar-refractivity contribution in [3.05, 3.63) is 29.8 Å². The number of nitrogens with zero attached hydrogens (tertiary/aromatic N) is 1. The van der Waals surface area contributed by atoms with Gasteiger partial charge in [0.25, 0.3) is 0 Å². The summed E-state index contributed by atoms with van der Waals surface area (Å²) in [5.41, 5.74) is -0.686. The van der Waals surface area contributed by atoms with Crippen molar-refractivity contribution in [2.45, 2.75) is 32.0 Å². The number of hydrogen-bond acceptors (Lipinski definition) is 3. The molecule has 1 fully saturated rings. The number of hydrogen-bond donors (Lipinski definition) is 2. The number of rotatable bonds is 7. The summed E-state index contributed by atoms with van der Waals surface area (Å²) < 4.78 is 48.5. The predicted molar refractivity (Wildman–Crippen MR) is 89.9 cm³/mol. The lowest BCUT2D eigenvalue weighted by molar-refractivity contribution is -0.137. The van der Waals surface area contributed by atoms with Crippen molar-refractivity contribution in [2.24, 2.45) is 4.99 Å². The van der Waals surface area contributed by atoms with E-state index in [-0.39, 0.29) is 6.10 Å². The number of aliphatic imine (C=N–C) groups is 1. The van der Waals surface area contributed by atoms with E-state index in [1.165, 1.54) is 12.1 Å². The topological polar surface area (TPSA) is 54.9 Å². The number of benzene rings is 1. The Labute approximate surface area is 145 Å². The molecule has 2 N–H and O–H groups in total. The molecular weight excluding hydrogens is 335 g/mol. The number of guanidine groups is 1. The minimum Gasteiger partial charge on any atom is -0.492 e. The van der Waals surface area contributed by atoms with Gasteiger partial charge in [-0.15, -0.1) is 0 Å². The van der Waals surface area contributed by atoms with E-state index < -0.39 is 11.7 Å². The molecule has 8 heteroatoms. The van der Waals surface area contributed by atoms with Gasteiger partial charge in [-0.25, -0.2) is 0 Å². The molecule has 0 saturated carbocycles. The minimum absolute atomic E-state index is 0.179. The Hall–Kier alpha value is -1.96. The molecule has 0 aliphatic carbocycles. The summed E-state index contributed by atoms with van der Waals surface area (Å²) >= 11 is 0. The van der Waals surface area contributed by atoms with Gasteiger partial charge in [-0.1, -0.05) is 0 Å². The van der Waals surface area contributed by atoms with Gasteiger partial charge < -0.3 is 20.1 Å². The lowest BCUT2D eigenvalue weighted by Gasteiger charge is -2.13. The van der Waals surface area contributed by atoms with E-state index in [2.05, 4.69) is 15.6 Å². The molecule has 1 aliphatic rings. The van der Waals surface area contributed by atoms with Crippen LogP contribution in [-0.4, -0.2) is 44.9 Å². The maximum Gasteiger partial charge on any atom is 0.416 e. The first kappa shape index (κ1) is 19.4. The van der Waals surface area contributed by atoms with E-state index in [4.69, 9.17) is 9.47 Å². The molecule has 0 aromatic heterocycles. The van der Waals surface area contributed by atoms with Crippen LogP contribution in [-0.2, 0) is 10.9 Å². The zero-order valence-electron chi connectivity index (χ0n) is 14.2. The van der Waals surface area contributed by atoms with Crippen LogP contribution < -0.4 is 15.4 Å². The van der Waals surface area contributed by atoms with Gasteiger partial charge in [0.15, 0.2) is 5.96 Å². The molecular formula is C17H24F3N3O2. The maximum absolute atomic E-state index is 12.5. The third-order valence-corrected chi connectivity index (χ3v) is 3.67. The van der Waals surface area contributed by atoms with E-state index >= 15 is 0 Å². The third kappa shape index (κ3) is 6.81. The average Bonchev–Trinajstić information content (AvgIpc) is 3.09. The highest BCUT2D eigenvalue weighted by atomic mass is 19.4. The summed E-state index contributed by atoms with van der Waals surface area (Å²) in [6.07, 6.45) is -2.05. The molecule has 1 atom stereocenters. The van der Waals surface area contributed by atoms with Crippen LogP contribution in [0.4, 0.5) is 13.2 Å². The van der Waals surface area contributed by atoms with E-state index in [1.54, 1.807) is 0 Å². The lowest BCUT2D eigenvalue weighted by Crippen LogP contribution is -2.39. The fourth-order valence-corrected chi connectivity index (χ4v) is 2.40. The van der Waals surface area contributed by atoms with Crippen molar-refractivity contribution in [3.8, 4) is 5.75 Å². The molecule has 0 bridgehead atoms. The number of alkyl halides is 3. The van der Waals surface area contributed by atoms with Gasteiger partial charge in [-0.05, 0) is 44.0 Å². The van der Waals surface area contributed by atoms with Gasteiger partial charge in [0, 0.05) is 13.2 Å². The molecule has 1 unspecified atom stereocenters. The highest BCUT2D eigenvalue weighted by molar-refractivity contribution is 5.79. The zero-order valence-corrected chi connectivity index (χ0v) is 14.2. The molecule has 1 aliphatic heterocycles. The summed E-state index contributed by atoms with van der Waals surface area (Å²) in [5.74, 6) is 1.07. The average molecular weight is 359 g/mol. The van der Waals surface area contributed by atoms with E-state index in [1.807, 2.05) is 6.92 Å². The Morgan fingerprint density at radius 2 is 2.04 bits per heavy atom. The van der Waals surface area contributed by atoms with Crippen LogP contribution in [0.5, 0.6) is 5.75 Å². The third-order valence-electron chi connectivity index (χ3n) is 3.67. The summed E-state index contributed by atoms with van der Waals surface area (Å²) in [6.45, 7) is 4.91. The summed E-state index contributed by atoms with van der Waals surface area (Å²) in [4.78, 5) is 4.47. The first-order chi connectivity index (χ1) is 12.0. The Balaban J connectivity index is 1.73. The molecule has 1 saturated heterocycles. The van der Waals surface area contributed by atoms with Crippen LogP contribution in [0.1, 0.15) is 25.3 Å². The van der Waals surface area contributed by atoms with E-state index in [0.29, 0.717) is 31.4 Å². The second kappa shape index (κ2) is 9.50. The molecule has 2 rings (SSSR count). The monoisotopic (exact) mass is 359 g/mol. The number of nitrogens with one attached hydrogen (secondary N) is 2. The van der Waals surface area contributed by atoms with Gasteiger partial charge in [0.05, 0.1) is 24.8 Å². The predicted octanol–water partition coefficient (Wildman–Crippen LogP) is 2.82. The second-order valence-corrected chi connectivity index (χ2v) is 5.65. The quantitative estimate of drug-likeness (QED) is 0.447. The van der Waals surface area contributed by atoms with Gasteiger partial charge in [0.1, 0.15) is 12.4 Å². The molecule has 5 nitrogen and oxygen atoms in total. The lowest BCUT2D eigenvalue weighted by atomic mass is 10.2. The Bertz CT molecular complexity index is 541. The normalized spacial score (nSPS) is 18.2. The fourth-order valence-electron chi connectivity index (χ4n) is 2.40. The van der Waals surface area contributed by atoms with Crippen LogP contribution in [0.15, 0.2) is 29.3 Å². The molecule has 0 spiro atoms. The van der Waals surface area contributed by atoms with Crippen molar-refractivity contribution >= 4 is 5.96 Å². The van der Waals surface area contributed by atoms with Crippen molar-refractivity contribution in [1.29, 1.82) is 0 Å². The summed E-state index contributed by atoms with van der Waals surface area (Å²) in [5, 5.41) is 6.26. The van der Waals surface area contributed by atoms with Gasteiger partial charge in [-0.3, -0.25) is 4.99 Å². The smallest absolute Gasteiger partial charge is 0.416 e. The van der Waals surface area contributed by atoms with Gasteiger partial charge >= 0.3 is 6.18 Å². The van der Waals surface area contributed by atoms with E-state index in [0.717, 1.165) is 38.1 Å². The standard InChI is InChI=1S/C17H24F3N3O2/c1-2-21-16(23-12-15-4-3-10-24-15)22-9-11-25-14-7-5-13(6-8-14)17(18,19)20/h5-8,15H,2-4,9-12H2,1H3,(H2,21,22,23). The SMILES string of the molecule is CCNC(=NCC1CCCO1)NCCOc1ccc(C(F)(F)F)cc1. The highest BCUT2D eigenvalue weighted by Gasteiger charge is 2.29. The maximum atomic E-state index is 12.5. The van der Waals surface area contributed by atoms with E-state index in [9.17, 15) is 13.2 Å². The Morgan fingerprint density at radius 3 is 2.64 bits per heavy atom. The molecule has 1 aromatic rings.